The Morgan fingerprint density at radius 2 is 2.35 bits per heavy atom. The van der Waals surface area contributed by atoms with E-state index < -0.39 is 11.9 Å². The van der Waals surface area contributed by atoms with Crippen LogP contribution in [0.3, 0.4) is 0 Å². The van der Waals surface area contributed by atoms with Gasteiger partial charge >= 0.3 is 5.97 Å². The van der Waals surface area contributed by atoms with Crippen LogP contribution in [-0.4, -0.2) is 28.0 Å². The molecule has 1 unspecified atom stereocenters. The number of nitrogens with one attached hydrogen (secondary N) is 1. The topological polar surface area (TPSA) is 79.3 Å². The van der Waals surface area contributed by atoms with Gasteiger partial charge in [0.2, 0.25) is 0 Å². The van der Waals surface area contributed by atoms with E-state index in [1.54, 1.807) is 0 Å². The van der Waals surface area contributed by atoms with Crippen molar-refractivity contribution in [2.75, 3.05) is 0 Å². The molecular formula is C12H12N2O3. The van der Waals surface area contributed by atoms with Crippen LogP contribution < -0.4 is 5.32 Å². The quantitative estimate of drug-likeness (QED) is 0.756. The summed E-state index contributed by atoms with van der Waals surface area (Å²) in [5, 5.41) is 11.3. The van der Waals surface area contributed by atoms with Gasteiger partial charge in [-0.15, -0.1) is 6.42 Å². The van der Waals surface area contributed by atoms with Crippen LogP contribution >= 0.6 is 0 Å². The van der Waals surface area contributed by atoms with Gasteiger partial charge in [0.15, 0.2) is 0 Å². The SMILES string of the molecule is C#CC(CC)NC(=O)c1ccnc(C(=O)O)c1. The number of carbonyl (C=O) groups is 2. The summed E-state index contributed by atoms with van der Waals surface area (Å²) in [6, 6.07) is 2.29. The lowest BCUT2D eigenvalue weighted by Crippen LogP contribution is -2.33. The molecule has 0 saturated carbocycles. The van der Waals surface area contributed by atoms with Crippen molar-refractivity contribution >= 4 is 11.9 Å². The molecule has 0 aliphatic rings. The molecule has 1 rings (SSSR count). The molecule has 1 heterocycles. The van der Waals surface area contributed by atoms with Gasteiger partial charge in [-0.05, 0) is 18.6 Å². The standard InChI is InChI=1S/C12H12N2O3/c1-3-9(4-2)14-11(15)8-5-6-13-10(7-8)12(16)17/h1,5-7,9H,4H2,2H3,(H,14,15)(H,16,17). The molecule has 1 aromatic heterocycles. The number of terminal acetylenes is 1. The monoisotopic (exact) mass is 232 g/mol. The average Bonchev–Trinajstić information content (AvgIpc) is 2.35. The number of amides is 1. The molecule has 0 aliphatic carbocycles. The highest BCUT2D eigenvalue weighted by Gasteiger charge is 2.12. The summed E-state index contributed by atoms with van der Waals surface area (Å²) in [4.78, 5) is 26.0. The van der Waals surface area contributed by atoms with E-state index >= 15 is 0 Å². The third-order valence-electron chi connectivity index (χ3n) is 2.16. The number of carboxylic acids is 1. The number of hydrogen-bond acceptors (Lipinski definition) is 3. The Bertz CT molecular complexity index is 477. The first-order chi connectivity index (χ1) is 8.08. The fourth-order valence-electron chi connectivity index (χ4n) is 1.19. The Hall–Kier alpha value is -2.35. The maximum absolute atomic E-state index is 11.7. The molecule has 0 bridgehead atoms. The summed E-state index contributed by atoms with van der Waals surface area (Å²) < 4.78 is 0. The molecular weight excluding hydrogens is 220 g/mol. The van der Waals surface area contributed by atoms with Crippen molar-refractivity contribution < 1.29 is 14.7 Å². The van der Waals surface area contributed by atoms with E-state index in [1.165, 1.54) is 18.3 Å². The molecule has 0 aliphatic heterocycles. The fraction of sp³-hybridized carbons (Fsp3) is 0.250. The molecule has 0 spiro atoms. The van der Waals surface area contributed by atoms with E-state index in [2.05, 4.69) is 16.2 Å². The van der Waals surface area contributed by atoms with Gasteiger partial charge in [0, 0.05) is 11.8 Å². The number of aromatic nitrogens is 1. The maximum atomic E-state index is 11.7. The second kappa shape index (κ2) is 5.66. The first kappa shape index (κ1) is 12.7. The van der Waals surface area contributed by atoms with Gasteiger partial charge in [0.05, 0.1) is 6.04 Å². The van der Waals surface area contributed by atoms with Crippen LogP contribution in [0.4, 0.5) is 0 Å². The van der Waals surface area contributed by atoms with Crippen LogP contribution in [0.2, 0.25) is 0 Å². The second-order valence-electron chi connectivity index (χ2n) is 3.34. The highest BCUT2D eigenvalue weighted by Crippen LogP contribution is 2.03. The van der Waals surface area contributed by atoms with Crippen LogP contribution in [0.1, 0.15) is 34.2 Å². The molecule has 5 nitrogen and oxygen atoms in total. The zero-order valence-corrected chi connectivity index (χ0v) is 9.30. The molecule has 1 aromatic rings. The number of carbonyl (C=O) groups excluding carboxylic acids is 1. The van der Waals surface area contributed by atoms with E-state index in [0.717, 1.165) is 0 Å². The Balaban J connectivity index is 2.86. The number of aromatic carboxylic acids is 1. The zero-order valence-electron chi connectivity index (χ0n) is 9.30. The van der Waals surface area contributed by atoms with Crippen LogP contribution in [0.25, 0.3) is 0 Å². The van der Waals surface area contributed by atoms with E-state index in [4.69, 9.17) is 11.5 Å². The summed E-state index contributed by atoms with van der Waals surface area (Å²) in [6.45, 7) is 1.85. The van der Waals surface area contributed by atoms with Gasteiger partial charge < -0.3 is 10.4 Å². The minimum absolute atomic E-state index is 0.175. The number of rotatable bonds is 4. The van der Waals surface area contributed by atoms with Crippen molar-refractivity contribution in [3.8, 4) is 12.3 Å². The first-order valence-corrected chi connectivity index (χ1v) is 5.04. The molecule has 1 amide bonds. The van der Waals surface area contributed by atoms with E-state index in [1.807, 2.05) is 6.92 Å². The Morgan fingerprint density at radius 3 is 2.88 bits per heavy atom. The lowest BCUT2D eigenvalue weighted by molar-refractivity contribution is 0.0690. The Labute approximate surface area is 98.9 Å². The van der Waals surface area contributed by atoms with Crippen molar-refractivity contribution in [1.29, 1.82) is 0 Å². The smallest absolute Gasteiger partial charge is 0.354 e. The van der Waals surface area contributed by atoms with Crippen molar-refractivity contribution in [2.45, 2.75) is 19.4 Å². The summed E-state index contributed by atoms with van der Waals surface area (Å²) in [5.74, 6) is 0.846. The molecule has 2 N–H and O–H groups in total. The fourth-order valence-corrected chi connectivity index (χ4v) is 1.19. The normalized spacial score (nSPS) is 11.3. The van der Waals surface area contributed by atoms with Crippen LogP contribution in [0, 0.1) is 12.3 Å². The van der Waals surface area contributed by atoms with Gasteiger partial charge in [-0.2, -0.15) is 0 Å². The van der Waals surface area contributed by atoms with Crippen LogP contribution in [0.15, 0.2) is 18.3 Å². The lowest BCUT2D eigenvalue weighted by atomic mass is 10.2. The van der Waals surface area contributed by atoms with E-state index in [-0.39, 0.29) is 17.3 Å². The first-order valence-electron chi connectivity index (χ1n) is 5.04. The molecule has 1 atom stereocenters. The van der Waals surface area contributed by atoms with E-state index in [0.29, 0.717) is 6.42 Å². The third-order valence-corrected chi connectivity index (χ3v) is 2.16. The number of carboxylic acid groups (broad SMARTS) is 1. The molecule has 5 heteroatoms. The number of hydrogen-bond donors (Lipinski definition) is 2. The summed E-state index contributed by atoms with van der Waals surface area (Å²) in [7, 11) is 0. The molecule has 0 aromatic carbocycles. The van der Waals surface area contributed by atoms with Gasteiger partial charge in [-0.25, -0.2) is 9.78 Å². The lowest BCUT2D eigenvalue weighted by Gasteiger charge is -2.10. The predicted octanol–water partition coefficient (Wildman–Crippen LogP) is 0.921. The van der Waals surface area contributed by atoms with Crippen molar-refractivity contribution in [2.24, 2.45) is 0 Å². The third kappa shape index (κ3) is 3.31. The largest absolute Gasteiger partial charge is 0.477 e. The van der Waals surface area contributed by atoms with E-state index in [9.17, 15) is 9.59 Å². The highest BCUT2D eigenvalue weighted by atomic mass is 16.4. The molecule has 88 valence electrons. The molecule has 0 saturated heterocycles. The minimum Gasteiger partial charge on any atom is -0.477 e. The predicted molar refractivity (Wildman–Crippen MR) is 61.6 cm³/mol. The van der Waals surface area contributed by atoms with Crippen LogP contribution in [-0.2, 0) is 0 Å². The van der Waals surface area contributed by atoms with Crippen molar-refractivity contribution in [3.05, 3.63) is 29.6 Å². The van der Waals surface area contributed by atoms with Crippen LogP contribution in [0.5, 0.6) is 0 Å². The van der Waals surface area contributed by atoms with Crippen molar-refractivity contribution in [1.82, 2.24) is 10.3 Å². The Kier molecular flexibility index (Phi) is 4.23. The van der Waals surface area contributed by atoms with Gasteiger partial charge in [0.1, 0.15) is 5.69 Å². The second-order valence-corrected chi connectivity index (χ2v) is 3.34. The molecule has 0 radical (unpaired) electrons. The molecule has 17 heavy (non-hydrogen) atoms. The summed E-state index contributed by atoms with van der Waals surface area (Å²) in [5.41, 5.74) is 0.0532. The Morgan fingerprint density at radius 1 is 1.65 bits per heavy atom. The average molecular weight is 232 g/mol. The number of pyridine rings is 1. The van der Waals surface area contributed by atoms with Gasteiger partial charge in [-0.3, -0.25) is 4.79 Å². The number of nitrogens with zero attached hydrogens (tertiary/aromatic N) is 1. The minimum atomic E-state index is -1.18. The van der Waals surface area contributed by atoms with Gasteiger partial charge in [-0.1, -0.05) is 12.8 Å². The highest BCUT2D eigenvalue weighted by molar-refractivity contribution is 5.96. The maximum Gasteiger partial charge on any atom is 0.354 e. The molecule has 0 fully saturated rings. The summed E-state index contributed by atoms with van der Waals surface area (Å²) >= 11 is 0. The zero-order chi connectivity index (χ0) is 12.8. The summed E-state index contributed by atoms with van der Waals surface area (Å²) in [6.07, 6.45) is 7.10. The van der Waals surface area contributed by atoms with Crippen molar-refractivity contribution in [3.63, 3.8) is 0 Å². The van der Waals surface area contributed by atoms with Gasteiger partial charge in [0.25, 0.3) is 5.91 Å².